The van der Waals surface area contributed by atoms with Crippen molar-refractivity contribution in [2.75, 3.05) is 20.2 Å². The quantitative estimate of drug-likeness (QED) is 0.798. The van der Waals surface area contributed by atoms with Gasteiger partial charge >= 0.3 is 0 Å². The Kier molecular flexibility index (Phi) is 5.53. The third kappa shape index (κ3) is 4.21. The molecule has 0 unspecified atom stereocenters. The third-order valence-corrected chi connectivity index (χ3v) is 6.51. The lowest BCUT2D eigenvalue weighted by Crippen LogP contribution is -2.52. The van der Waals surface area contributed by atoms with Gasteiger partial charge in [0, 0.05) is 44.0 Å². The fourth-order valence-corrected chi connectivity index (χ4v) is 4.73. The van der Waals surface area contributed by atoms with Crippen LogP contribution in [0.4, 0.5) is 0 Å². The fraction of sp³-hybridized carbons (Fsp3) is 0.619. The summed E-state index contributed by atoms with van der Waals surface area (Å²) in [6, 6.07) is 8.61. The molecule has 4 rings (SSSR count). The van der Waals surface area contributed by atoms with Gasteiger partial charge in [0.1, 0.15) is 11.4 Å². The molecule has 0 amide bonds. The third-order valence-electron chi connectivity index (χ3n) is 6.14. The summed E-state index contributed by atoms with van der Waals surface area (Å²) < 4.78 is 5.33. The number of ether oxygens (including phenoxy) is 1. The largest absolute Gasteiger partial charge is 0.497 e. The van der Waals surface area contributed by atoms with E-state index in [0.29, 0.717) is 6.04 Å². The van der Waals surface area contributed by atoms with Gasteiger partial charge in [0.2, 0.25) is 0 Å². The molecule has 2 aliphatic heterocycles. The smallest absolute Gasteiger partial charge is 0.169 e. The molecule has 5 nitrogen and oxygen atoms in total. The van der Waals surface area contributed by atoms with Crippen LogP contribution in [0.5, 0.6) is 5.75 Å². The molecule has 0 aromatic heterocycles. The summed E-state index contributed by atoms with van der Waals surface area (Å²) in [5.74, 6) is 0.852. The fourth-order valence-electron chi connectivity index (χ4n) is 4.38. The van der Waals surface area contributed by atoms with Crippen LogP contribution < -0.4 is 10.1 Å². The van der Waals surface area contributed by atoms with Crippen molar-refractivity contribution in [3.05, 3.63) is 29.8 Å². The Hall–Kier alpha value is -1.82. The minimum absolute atomic E-state index is 0.171. The van der Waals surface area contributed by atoms with Gasteiger partial charge in [-0.25, -0.2) is 0 Å². The average molecular weight is 388 g/mol. The lowest BCUT2D eigenvalue weighted by molar-refractivity contribution is -0.0525. The lowest BCUT2D eigenvalue weighted by atomic mass is 9.85. The molecule has 0 bridgehead atoms. The van der Waals surface area contributed by atoms with E-state index < -0.39 is 0 Å². The topological polar surface area (TPSA) is 46.1 Å². The molecule has 1 saturated heterocycles. The molecule has 1 spiro atoms. The first kappa shape index (κ1) is 18.5. The Morgan fingerprint density at radius 3 is 2.78 bits per heavy atom. The van der Waals surface area contributed by atoms with Gasteiger partial charge in [-0.15, -0.1) is 0 Å². The highest BCUT2D eigenvalue weighted by molar-refractivity contribution is 7.80. The van der Waals surface area contributed by atoms with Crippen LogP contribution in [0.1, 0.15) is 56.9 Å². The van der Waals surface area contributed by atoms with Crippen molar-refractivity contribution in [3.8, 4) is 5.75 Å². The number of nitrogens with one attached hydrogen (secondary N) is 1. The SMILES string of the molecule is COc1cccc(C2=NOC3(CCN(C(=S)NC4CCCCC4)CC3)C2)c1. The molecule has 1 aliphatic carbocycles. The zero-order valence-electron chi connectivity index (χ0n) is 16.1. The maximum atomic E-state index is 5.96. The highest BCUT2D eigenvalue weighted by atomic mass is 32.1. The molecule has 27 heavy (non-hydrogen) atoms. The second kappa shape index (κ2) is 8.05. The van der Waals surface area contributed by atoms with Crippen LogP contribution >= 0.6 is 12.2 Å². The normalized spacial score (nSPS) is 22.3. The second-order valence-corrected chi connectivity index (χ2v) is 8.38. The number of methoxy groups -OCH3 is 1. The maximum Gasteiger partial charge on any atom is 0.169 e. The first-order valence-corrected chi connectivity index (χ1v) is 10.5. The molecule has 2 heterocycles. The van der Waals surface area contributed by atoms with Crippen molar-refractivity contribution in [1.82, 2.24) is 10.2 Å². The Bertz CT molecular complexity index is 707. The van der Waals surface area contributed by atoms with Gasteiger partial charge in [0.25, 0.3) is 0 Å². The Labute approximate surface area is 167 Å². The summed E-state index contributed by atoms with van der Waals surface area (Å²) in [5, 5.41) is 8.92. The highest BCUT2D eigenvalue weighted by Crippen LogP contribution is 2.36. The van der Waals surface area contributed by atoms with E-state index in [4.69, 9.17) is 21.8 Å². The number of piperidine rings is 1. The van der Waals surface area contributed by atoms with Gasteiger partial charge in [0.15, 0.2) is 5.11 Å². The van der Waals surface area contributed by atoms with Crippen molar-refractivity contribution in [2.24, 2.45) is 5.16 Å². The first-order valence-electron chi connectivity index (χ1n) is 10.1. The van der Waals surface area contributed by atoms with Crippen LogP contribution in [-0.4, -0.2) is 47.6 Å². The van der Waals surface area contributed by atoms with Crippen LogP contribution in [0.3, 0.4) is 0 Å². The Morgan fingerprint density at radius 2 is 2.04 bits per heavy atom. The summed E-state index contributed by atoms with van der Waals surface area (Å²) in [4.78, 5) is 8.26. The Balaban J connectivity index is 1.31. The monoisotopic (exact) mass is 387 g/mol. The molecular formula is C21H29N3O2S. The van der Waals surface area contributed by atoms with E-state index in [1.165, 1.54) is 32.1 Å². The maximum absolute atomic E-state index is 5.96. The summed E-state index contributed by atoms with van der Waals surface area (Å²) in [7, 11) is 1.69. The van der Waals surface area contributed by atoms with E-state index in [9.17, 15) is 0 Å². The van der Waals surface area contributed by atoms with Crippen molar-refractivity contribution in [2.45, 2.75) is 63.0 Å². The summed E-state index contributed by atoms with van der Waals surface area (Å²) in [5.41, 5.74) is 1.93. The van der Waals surface area contributed by atoms with Crippen LogP contribution in [0.2, 0.25) is 0 Å². The zero-order chi connectivity index (χ0) is 18.7. The molecule has 1 aromatic rings. The molecule has 1 aromatic carbocycles. The van der Waals surface area contributed by atoms with Gasteiger partial charge in [-0.3, -0.25) is 0 Å². The van der Waals surface area contributed by atoms with Gasteiger partial charge in [-0.1, -0.05) is 36.6 Å². The number of hydrogen-bond donors (Lipinski definition) is 1. The molecule has 146 valence electrons. The summed E-state index contributed by atoms with van der Waals surface area (Å²) in [6.07, 6.45) is 9.27. The van der Waals surface area contributed by atoms with Crippen LogP contribution in [0.25, 0.3) is 0 Å². The number of benzene rings is 1. The predicted octanol–water partition coefficient (Wildman–Crippen LogP) is 3.86. The molecule has 1 saturated carbocycles. The van der Waals surface area contributed by atoms with Crippen LogP contribution in [0, 0.1) is 0 Å². The molecular weight excluding hydrogens is 358 g/mol. The van der Waals surface area contributed by atoms with Crippen molar-refractivity contribution < 1.29 is 9.57 Å². The van der Waals surface area contributed by atoms with Gasteiger partial charge < -0.3 is 19.8 Å². The number of nitrogens with zero attached hydrogens (tertiary/aromatic N) is 2. The second-order valence-electron chi connectivity index (χ2n) is 7.99. The van der Waals surface area contributed by atoms with Crippen LogP contribution in [0.15, 0.2) is 29.4 Å². The minimum atomic E-state index is -0.171. The van der Waals surface area contributed by atoms with Gasteiger partial charge in [-0.2, -0.15) is 0 Å². The molecule has 6 heteroatoms. The van der Waals surface area contributed by atoms with E-state index >= 15 is 0 Å². The van der Waals surface area contributed by atoms with E-state index in [2.05, 4.69) is 21.4 Å². The van der Waals surface area contributed by atoms with Crippen molar-refractivity contribution in [3.63, 3.8) is 0 Å². The zero-order valence-corrected chi connectivity index (χ0v) is 16.9. The predicted molar refractivity (Wildman–Crippen MR) is 111 cm³/mol. The van der Waals surface area contributed by atoms with E-state index in [1.807, 2.05) is 18.2 Å². The number of oxime groups is 1. The standard InChI is InChI=1S/C21H29N3O2S/c1-25-18-9-5-6-16(14-18)19-15-21(26-23-19)10-12-24(13-11-21)20(27)22-17-7-3-2-4-8-17/h5-6,9,14,17H,2-4,7-8,10-13,15H2,1H3,(H,22,27). The molecule has 0 radical (unpaired) electrons. The van der Waals surface area contributed by atoms with Gasteiger partial charge in [-0.05, 0) is 37.2 Å². The molecule has 2 fully saturated rings. The summed E-state index contributed by atoms with van der Waals surface area (Å²) in [6.45, 7) is 1.86. The van der Waals surface area contributed by atoms with E-state index in [-0.39, 0.29) is 5.60 Å². The van der Waals surface area contributed by atoms with E-state index in [1.54, 1.807) is 7.11 Å². The van der Waals surface area contributed by atoms with Crippen molar-refractivity contribution in [1.29, 1.82) is 0 Å². The summed E-state index contributed by atoms with van der Waals surface area (Å²) >= 11 is 5.68. The van der Waals surface area contributed by atoms with E-state index in [0.717, 1.165) is 54.5 Å². The molecule has 0 atom stereocenters. The number of likely N-dealkylation sites (tertiary alicyclic amines) is 1. The number of rotatable bonds is 3. The minimum Gasteiger partial charge on any atom is -0.497 e. The van der Waals surface area contributed by atoms with Gasteiger partial charge in [0.05, 0.1) is 12.8 Å². The van der Waals surface area contributed by atoms with Crippen molar-refractivity contribution >= 4 is 23.0 Å². The lowest BCUT2D eigenvalue weighted by Gasteiger charge is -2.39. The Morgan fingerprint density at radius 1 is 1.26 bits per heavy atom. The number of hydrogen-bond acceptors (Lipinski definition) is 4. The number of thiocarbonyl (C=S) groups is 1. The van der Waals surface area contributed by atoms with Crippen LogP contribution in [-0.2, 0) is 4.84 Å². The first-order chi connectivity index (χ1) is 13.2. The average Bonchev–Trinajstić information content (AvgIpc) is 3.13. The highest BCUT2D eigenvalue weighted by Gasteiger charge is 2.42. The molecule has 1 N–H and O–H groups in total. The molecule has 3 aliphatic rings.